The largest absolute Gasteiger partial charge is 0.320 e. The Morgan fingerprint density at radius 1 is 0.880 bits per heavy atom. The molecule has 4 rings (SSSR count). The molecule has 0 radical (unpaired) electrons. The third-order valence-corrected chi connectivity index (χ3v) is 6.16. The summed E-state index contributed by atoms with van der Waals surface area (Å²) in [7, 11) is 0. The molecule has 0 aromatic heterocycles. The van der Waals surface area contributed by atoms with Crippen LogP contribution in [0.1, 0.15) is 44.1 Å². The van der Waals surface area contributed by atoms with Crippen LogP contribution in [0.25, 0.3) is 11.1 Å². The lowest BCUT2D eigenvalue weighted by molar-refractivity contribution is 0.130. The normalized spacial score (nSPS) is 25.3. The summed E-state index contributed by atoms with van der Waals surface area (Å²) in [6.45, 7) is 3.48. The monoisotopic (exact) mass is 334 g/mol. The van der Waals surface area contributed by atoms with Gasteiger partial charge in [-0.05, 0) is 54.8 Å². The number of benzene rings is 2. The van der Waals surface area contributed by atoms with E-state index in [4.69, 9.17) is 5.73 Å². The smallest absolute Gasteiger partial charge is 0.0539 e. The number of nitrogens with zero attached hydrogens (tertiary/aromatic N) is 1. The van der Waals surface area contributed by atoms with Gasteiger partial charge >= 0.3 is 0 Å². The zero-order chi connectivity index (χ0) is 17.1. The molecule has 25 heavy (non-hydrogen) atoms. The van der Waals surface area contributed by atoms with Crippen molar-refractivity contribution in [3.8, 4) is 11.1 Å². The van der Waals surface area contributed by atoms with E-state index in [0.29, 0.717) is 0 Å². The predicted molar refractivity (Wildman–Crippen MR) is 105 cm³/mol. The summed E-state index contributed by atoms with van der Waals surface area (Å²) in [6, 6.07) is 19.5. The Bertz CT molecular complexity index is 673. The van der Waals surface area contributed by atoms with E-state index in [1.807, 2.05) is 0 Å². The minimum Gasteiger partial charge on any atom is -0.320 e. The summed E-state index contributed by atoms with van der Waals surface area (Å²) >= 11 is 0. The highest BCUT2D eigenvalue weighted by Gasteiger charge is 2.34. The highest BCUT2D eigenvalue weighted by molar-refractivity contribution is 5.63. The molecule has 1 saturated heterocycles. The van der Waals surface area contributed by atoms with Gasteiger partial charge in [0.15, 0.2) is 0 Å². The molecular formula is C23H30N2. The Kier molecular flexibility index (Phi) is 4.91. The average Bonchev–Trinajstić information content (AvgIpc) is 3.16. The van der Waals surface area contributed by atoms with Gasteiger partial charge in [0.1, 0.15) is 0 Å². The maximum atomic E-state index is 6.89. The third-order valence-electron chi connectivity index (χ3n) is 6.16. The lowest BCUT2D eigenvalue weighted by Gasteiger charge is -2.41. The van der Waals surface area contributed by atoms with Crippen LogP contribution in [0.2, 0.25) is 0 Å². The number of likely N-dealkylation sites (tertiary alicyclic amines) is 1. The third kappa shape index (κ3) is 3.80. The minimum atomic E-state index is -0.188. The predicted octanol–water partition coefficient (Wildman–Crippen LogP) is 4.79. The summed E-state index contributed by atoms with van der Waals surface area (Å²) in [5.41, 5.74) is 10.5. The van der Waals surface area contributed by atoms with Gasteiger partial charge in [0.2, 0.25) is 0 Å². The van der Waals surface area contributed by atoms with Crippen molar-refractivity contribution < 1.29 is 0 Å². The molecule has 1 aliphatic heterocycles. The topological polar surface area (TPSA) is 29.3 Å². The van der Waals surface area contributed by atoms with Gasteiger partial charge in [-0.1, -0.05) is 67.4 Å². The van der Waals surface area contributed by atoms with Gasteiger partial charge in [-0.25, -0.2) is 0 Å². The van der Waals surface area contributed by atoms with Crippen molar-refractivity contribution in [2.24, 2.45) is 11.7 Å². The van der Waals surface area contributed by atoms with Gasteiger partial charge in [0, 0.05) is 13.1 Å². The van der Waals surface area contributed by atoms with Gasteiger partial charge in [0.05, 0.1) is 5.54 Å². The number of rotatable bonds is 4. The van der Waals surface area contributed by atoms with E-state index in [1.54, 1.807) is 0 Å². The van der Waals surface area contributed by atoms with Crippen molar-refractivity contribution >= 4 is 0 Å². The second-order valence-corrected chi connectivity index (χ2v) is 8.09. The molecule has 2 aromatic carbocycles. The molecule has 1 heterocycles. The Hall–Kier alpha value is -1.64. The summed E-state index contributed by atoms with van der Waals surface area (Å²) in [5, 5.41) is 0. The Labute approximate surface area is 152 Å². The number of hydrogen-bond acceptors (Lipinski definition) is 2. The standard InChI is InChI=1S/C23H30N2/c24-23(15-6-16-25(18-23)17-19-7-4-5-8-19)22-13-11-21(12-14-22)20-9-2-1-3-10-20/h1-3,9-14,19H,4-8,15-18,24H2/t23-/m1/s1. The molecule has 2 N–H and O–H groups in total. The summed E-state index contributed by atoms with van der Waals surface area (Å²) in [6.07, 6.45) is 7.99. The number of piperidine rings is 1. The highest BCUT2D eigenvalue weighted by atomic mass is 15.2. The first-order chi connectivity index (χ1) is 12.2. The molecule has 2 aliphatic rings. The maximum Gasteiger partial charge on any atom is 0.0539 e. The minimum absolute atomic E-state index is 0.188. The van der Waals surface area contributed by atoms with Gasteiger partial charge in [-0.3, -0.25) is 0 Å². The van der Waals surface area contributed by atoms with Crippen LogP contribution in [0, 0.1) is 5.92 Å². The molecule has 0 bridgehead atoms. The van der Waals surface area contributed by atoms with Crippen LogP contribution in [-0.2, 0) is 5.54 Å². The van der Waals surface area contributed by atoms with Gasteiger partial charge in [-0.15, -0.1) is 0 Å². The molecule has 1 atom stereocenters. The van der Waals surface area contributed by atoms with Crippen LogP contribution in [0.15, 0.2) is 54.6 Å². The van der Waals surface area contributed by atoms with E-state index in [1.165, 1.54) is 61.9 Å². The summed E-state index contributed by atoms with van der Waals surface area (Å²) in [4.78, 5) is 2.63. The van der Waals surface area contributed by atoms with E-state index in [9.17, 15) is 0 Å². The highest BCUT2D eigenvalue weighted by Crippen LogP contribution is 2.33. The van der Waals surface area contributed by atoms with Crippen LogP contribution in [0.5, 0.6) is 0 Å². The van der Waals surface area contributed by atoms with E-state index in [2.05, 4.69) is 59.5 Å². The van der Waals surface area contributed by atoms with Crippen LogP contribution >= 0.6 is 0 Å². The fourth-order valence-electron chi connectivity index (χ4n) is 4.75. The van der Waals surface area contributed by atoms with Crippen LogP contribution < -0.4 is 5.73 Å². The molecule has 132 valence electrons. The Morgan fingerprint density at radius 3 is 2.28 bits per heavy atom. The zero-order valence-electron chi connectivity index (χ0n) is 15.2. The zero-order valence-corrected chi connectivity index (χ0v) is 15.2. The molecule has 2 fully saturated rings. The van der Waals surface area contributed by atoms with Crippen LogP contribution in [0.4, 0.5) is 0 Å². The first kappa shape index (κ1) is 16.8. The Morgan fingerprint density at radius 2 is 1.56 bits per heavy atom. The quantitative estimate of drug-likeness (QED) is 0.871. The van der Waals surface area contributed by atoms with E-state index in [0.717, 1.165) is 18.9 Å². The lowest BCUT2D eigenvalue weighted by atomic mass is 9.82. The maximum absolute atomic E-state index is 6.89. The van der Waals surface area contributed by atoms with Gasteiger partial charge < -0.3 is 10.6 Å². The fraction of sp³-hybridized carbons (Fsp3) is 0.478. The molecule has 0 amide bonds. The summed E-state index contributed by atoms with van der Waals surface area (Å²) < 4.78 is 0. The van der Waals surface area contributed by atoms with Crippen molar-refractivity contribution in [2.45, 2.75) is 44.1 Å². The second-order valence-electron chi connectivity index (χ2n) is 8.09. The van der Waals surface area contributed by atoms with E-state index < -0.39 is 0 Å². The SMILES string of the molecule is N[C@]1(c2ccc(-c3ccccc3)cc2)CCCN(CC2CCCC2)C1. The van der Waals surface area contributed by atoms with Crippen molar-refractivity contribution in [1.82, 2.24) is 4.90 Å². The molecular weight excluding hydrogens is 304 g/mol. The fourth-order valence-corrected chi connectivity index (χ4v) is 4.75. The van der Waals surface area contributed by atoms with Crippen LogP contribution in [-0.4, -0.2) is 24.5 Å². The van der Waals surface area contributed by atoms with Crippen LogP contribution in [0.3, 0.4) is 0 Å². The Balaban J connectivity index is 1.47. The second kappa shape index (κ2) is 7.31. The van der Waals surface area contributed by atoms with E-state index in [-0.39, 0.29) is 5.54 Å². The van der Waals surface area contributed by atoms with Gasteiger partial charge in [0.25, 0.3) is 0 Å². The van der Waals surface area contributed by atoms with Crippen molar-refractivity contribution in [3.63, 3.8) is 0 Å². The summed E-state index contributed by atoms with van der Waals surface area (Å²) in [5.74, 6) is 0.905. The molecule has 1 saturated carbocycles. The molecule has 2 aromatic rings. The molecule has 2 nitrogen and oxygen atoms in total. The molecule has 0 spiro atoms. The van der Waals surface area contributed by atoms with Crippen molar-refractivity contribution in [3.05, 3.63) is 60.2 Å². The van der Waals surface area contributed by atoms with E-state index >= 15 is 0 Å². The first-order valence-electron chi connectivity index (χ1n) is 9.90. The number of nitrogens with two attached hydrogens (primary N) is 1. The first-order valence-corrected chi connectivity index (χ1v) is 9.90. The van der Waals surface area contributed by atoms with Crippen molar-refractivity contribution in [1.29, 1.82) is 0 Å². The van der Waals surface area contributed by atoms with Gasteiger partial charge in [-0.2, -0.15) is 0 Å². The number of hydrogen-bond donors (Lipinski definition) is 1. The lowest BCUT2D eigenvalue weighted by Crippen LogP contribution is -2.52. The molecule has 0 unspecified atom stereocenters. The van der Waals surface area contributed by atoms with Crippen molar-refractivity contribution in [2.75, 3.05) is 19.6 Å². The molecule has 1 aliphatic carbocycles. The average molecular weight is 335 g/mol. The molecule has 2 heteroatoms.